The molecule has 0 aromatic carbocycles. The van der Waals surface area contributed by atoms with Gasteiger partial charge in [-0.3, -0.25) is 4.90 Å². The van der Waals surface area contributed by atoms with Crippen molar-refractivity contribution in [3.05, 3.63) is 17.7 Å². The van der Waals surface area contributed by atoms with E-state index in [4.69, 9.17) is 0 Å². The Morgan fingerprint density at radius 1 is 1.33 bits per heavy atom. The number of imidazole rings is 1. The zero-order valence-electron chi connectivity index (χ0n) is 11.9. The van der Waals surface area contributed by atoms with E-state index in [-0.39, 0.29) is 5.54 Å². The van der Waals surface area contributed by atoms with Crippen LogP contribution in [0.4, 0.5) is 0 Å². The third kappa shape index (κ3) is 3.33. The summed E-state index contributed by atoms with van der Waals surface area (Å²) in [6, 6.07) is 0. The molecule has 1 fully saturated rings. The minimum atomic E-state index is 0.184. The molecule has 0 atom stereocenters. The monoisotopic (exact) mass is 250 g/mol. The van der Waals surface area contributed by atoms with E-state index < -0.39 is 0 Å². The maximum absolute atomic E-state index is 4.52. The standard InChI is InChI=1S/C14H26N4/c1-4-5-12-11-16-13(17-12)10-14(2,3)18-8-6-15-7-9-18/h11,15H,4-10H2,1-3H3,(H,16,17). The van der Waals surface area contributed by atoms with Crippen LogP contribution in [0, 0.1) is 0 Å². The van der Waals surface area contributed by atoms with Crippen molar-refractivity contribution in [1.29, 1.82) is 0 Å². The van der Waals surface area contributed by atoms with E-state index in [1.165, 1.54) is 12.1 Å². The van der Waals surface area contributed by atoms with E-state index in [1.807, 2.05) is 6.20 Å². The number of H-pyrrole nitrogens is 1. The highest BCUT2D eigenvalue weighted by atomic mass is 15.2. The second kappa shape index (κ2) is 5.85. The number of aromatic amines is 1. The lowest BCUT2D eigenvalue weighted by atomic mass is 9.97. The molecule has 0 bridgehead atoms. The normalized spacial score (nSPS) is 18.2. The fourth-order valence-electron chi connectivity index (χ4n) is 2.68. The molecule has 0 aliphatic carbocycles. The molecule has 0 unspecified atom stereocenters. The van der Waals surface area contributed by atoms with E-state index in [9.17, 15) is 0 Å². The van der Waals surface area contributed by atoms with Gasteiger partial charge in [0, 0.05) is 50.0 Å². The Morgan fingerprint density at radius 2 is 2.06 bits per heavy atom. The third-order valence-corrected chi connectivity index (χ3v) is 3.77. The van der Waals surface area contributed by atoms with Gasteiger partial charge in [-0.2, -0.15) is 0 Å². The second-order valence-electron chi connectivity index (χ2n) is 5.83. The van der Waals surface area contributed by atoms with Crippen molar-refractivity contribution in [3.8, 4) is 0 Å². The van der Waals surface area contributed by atoms with Gasteiger partial charge in [0.2, 0.25) is 0 Å². The Morgan fingerprint density at radius 3 is 2.72 bits per heavy atom. The van der Waals surface area contributed by atoms with Crippen LogP contribution in [0.5, 0.6) is 0 Å². The van der Waals surface area contributed by atoms with Gasteiger partial charge < -0.3 is 10.3 Å². The first-order valence-corrected chi connectivity index (χ1v) is 7.10. The topological polar surface area (TPSA) is 44.0 Å². The van der Waals surface area contributed by atoms with Gasteiger partial charge >= 0.3 is 0 Å². The minimum absolute atomic E-state index is 0.184. The SMILES string of the molecule is CCCc1cnc(CC(C)(C)N2CCNCC2)[nH]1. The molecule has 4 heteroatoms. The van der Waals surface area contributed by atoms with Crippen molar-refractivity contribution >= 4 is 0 Å². The number of rotatable bonds is 5. The molecule has 0 amide bonds. The van der Waals surface area contributed by atoms with E-state index >= 15 is 0 Å². The highest BCUT2D eigenvalue weighted by Crippen LogP contribution is 2.19. The zero-order chi connectivity index (χ0) is 13.0. The lowest BCUT2D eigenvalue weighted by Gasteiger charge is -2.40. The molecule has 1 saturated heterocycles. The van der Waals surface area contributed by atoms with E-state index in [0.717, 1.165) is 44.8 Å². The van der Waals surface area contributed by atoms with Crippen molar-refractivity contribution in [2.45, 2.75) is 45.6 Å². The van der Waals surface area contributed by atoms with E-state index in [2.05, 4.69) is 41.0 Å². The van der Waals surface area contributed by atoms with E-state index in [1.54, 1.807) is 0 Å². The smallest absolute Gasteiger partial charge is 0.108 e. The maximum atomic E-state index is 4.52. The average molecular weight is 250 g/mol. The summed E-state index contributed by atoms with van der Waals surface area (Å²) in [7, 11) is 0. The quantitative estimate of drug-likeness (QED) is 0.834. The summed E-state index contributed by atoms with van der Waals surface area (Å²) in [6.07, 6.45) is 5.26. The van der Waals surface area contributed by atoms with Crippen molar-refractivity contribution < 1.29 is 0 Å². The number of hydrogen-bond acceptors (Lipinski definition) is 3. The first kappa shape index (κ1) is 13.6. The fraction of sp³-hybridized carbons (Fsp3) is 0.786. The van der Waals surface area contributed by atoms with Gasteiger partial charge in [-0.05, 0) is 20.3 Å². The lowest BCUT2D eigenvalue weighted by Crippen LogP contribution is -2.54. The number of aryl methyl sites for hydroxylation is 1. The molecule has 2 N–H and O–H groups in total. The van der Waals surface area contributed by atoms with Gasteiger partial charge in [0.1, 0.15) is 5.82 Å². The van der Waals surface area contributed by atoms with Gasteiger partial charge in [-0.25, -0.2) is 4.98 Å². The molecule has 1 aromatic heterocycles. The Balaban J connectivity index is 1.96. The number of aromatic nitrogens is 2. The van der Waals surface area contributed by atoms with Crippen molar-refractivity contribution in [1.82, 2.24) is 20.2 Å². The van der Waals surface area contributed by atoms with Crippen molar-refractivity contribution in [2.75, 3.05) is 26.2 Å². The lowest BCUT2D eigenvalue weighted by molar-refractivity contribution is 0.102. The van der Waals surface area contributed by atoms with Crippen LogP contribution < -0.4 is 5.32 Å². The fourth-order valence-corrected chi connectivity index (χ4v) is 2.68. The van der Waals surface area contributed by atoms with E-state index in [0.29, 0.717) is 0 Å². The first-order chi connectivity index (χ1) is 8.62. The van der Waals surface area contributed by atoms with Crippen LogP contribution in [0.1, 0.15) is 38.7 Å². The number of nitrogens with zero attached hydrogens (tertiary/aromatic N) is 2. The third-order valence-electron chi connectivity index (χ3n) is 3.77. The summed E-state index contributed by atoms with van der Waals surface area (Å²) in [5, 5.41) is 3.41. The molecule has 0 saturated carbocycles. The Hall–Kier alpha value is -0.870. The molecule has 2 rings (SSSR count). The predicted molar refractivity (Wildman–Crippen MR) is 74.8 cm³/mol. The minimum Gasteiger partial charge on any atom is -0.346 e. The number of hydrogen-bond donors (Lipinski definition) is 2. The summed E-state index contributed by atoms with van der Waals surface area (Å²) in [5.74, 6) is 1.13. The summed E-state index contributed by atoms with van der Waals surface area (Å²) in [6.45, 7) is 11.3. The zero-order valence-corrected chi connectivity index (χ0v) is 11.9. The Labute approximate surface area is 110 Å². The molecule has 18 heavy (non-hydrogen) atoms. The highest BCUT2D eigenvalue weighted by molar-refractivity contribution is 5.05. The summed E-state index contributed by atoms with van der Waals surface area (Å²) >= 11 is 0. The molecular formula is C14H26N4. The molecule has 0 spiro atoms. The van der Waals surface area contributed by atoms with Crippen LogP contribution in [0.3, 0.4) is 0 Å². The van der Waals surface area contributed by atoms with Gasteiger partial charge in [-0.15, -0.1) is 0 Å². The van der Waals surface area contributed by atoms with Gasteiger partial charge in [0.05, 0.1) is 0 Å². The van der Waals surface area contributed by atoms with Gasteiger partial charge in [-0.1, -0.05) is 13.3 Å². The summed E-state index contributed by atoms with van der Waals surface area (Å²) in [4.78, 5) is 10.5. The Kier molecular flexibility index (Phi) is 4.40. The molecule has 1 aliphatic heterocycles. The Bertz CT molecular complexity index is 364. The van der Waals surface area contributed by atoms with Gasteiger partial charge in [0.25, 0.3) is 0 Å². The van der Waals surface area contributed by atoms with Crippen LogP contribution in [-0.4, -0.2) is 46.6 Å². The number of piperazine rings is 1. The second-order valence-corrected chi connectivity index (χ2v) is 5.83. The molecular weight excluding hydrogens is 224 g/mol. The molecule has 4 nitrogen and oxygen atoms in total. The van der Waals surface area contributed by atoms with Crippen LogP contribution in [0.2, 0.25) is 0 Å². The van der Waals surface area contributed by atoms with Crippen molar-refractivity contribution in [3.63, 3.8) is 0 Å². The molecule has 102 valence electrons. The maximum Gasteiger partial charge on any atom is 0.108 e. The molecule has 1 aliphatic rings. The molecule has 1 aromatic rings. The van der Waals surface area contributed by atoms with Crippen LogP contribution in [-0.2, 0) is 12.8 Å². The number of nitrogens with one attached hydrogen (secondary N) is 2. The molecule has 0 radical (unpaired) electrons. The predicted octanol–water partition coefficient (Wildman–Crippen LogP) is 1.59. The summed E-state index contributed by atoms with van der Waals surface area (Å²) < 4.78 is 0. The van der Waals surface area contributed by atoms with Crippen LogP contribution in [0.25, 0.3) is 0 Å². The highest BCUT2D eigenvalue weighted by Gasteiger charge is 2.28. The van der Waals surface area contributed by atoms with Gasteiger partial charge in [0.15, 0.2) is 0 Å². The van der Waals surface area contributed by atoms with Crippen LogP contribution in [0.15, 0.2) is 6.20 Å². The first-order valence-electron chi connectivity index (χ1n) is 7.10. The molecule has 2 heterocycles. The van der Waals surface area contributed by atoms with Crippen molar-refractivity contribution in [2.24, 2.45) is 0 Å². The average Bonchev–Trinajstić information content (AvgIpc) is 2.77. The largest absolute Gasteiger partial charge is 0.346 e. The van der Waals surface area contributed by atoms with Crippen LogP contribution >= 0.6 is 0 Å². The summed E-state index contributed by atoms with van der Waals surface area (Å²) in [5.41, 5.74) is 1.45.